The van der Waals surface area contributed by atoms with Gasteiger partial charge in [0.1, 0.15) is 40.6 Å². The number of benzene rings is 2. The number of rotatable bonds is 16. The highest BCUT2D eigenvalue weighted by molar-refractivity contribution is 7.15. The first-order valence-corrected chi connectivity index (χ1v) is 25.8. The van der Waals surface area contributed by atoms with Gasteiger partial charge >= 0.3 is 0 Å². The molecule has 1 aliphatic carbocycles. The number of amides is 3. The Morgan fingerprint density at radius 1 is 0.932 bits per heavy atom. The number of β-amino-alcohol motifs (C(OH)–C–C–N with tert-alkyl or cyclic N) is 1. The molecule has 17 nitrogen and oxygen atoms in total. The third-order valence-electron chi connectivity index (χ3n) is 13.8. The lowest BCUT2D eigenvalue weighted by atomic mass is 9.85. The summed E-state index contributed by atoms with van der Waals surface area (Å²) in [5, 5.41) is 30.9. The standard InChI is InChI=1S/C54H62ClN11O6S/c1-29-32(4)73-53-48(29)49(36-10-14-37(55)15-11-36)60-43(51-63-62-34(6)66(51)53)25-45(68)59-38-22-42(23-38)72-47-19-18-41(26-57-47)71-28-46(69)61-50(54(7,8)9)52(70)65-27-40(67)24-44(65)31(3)58-30(2)35-12-16-39(17-13-35)64-21-20-56-33(64)5/h10-21,26,30,38,40,42-44,50,58,67H,3,22-25,27-28H2,1-2,4-9H3,(H,59,68)(H,61,69)/t30-,38?,40+,42?,43-,44-,50+/m0/s1. The Labute approximate surface area is 434 Å². The summed E-state index contributed by atoms with van der Waals surface area (Å²) in [4.78, 5) is 58.0. The number of fused-ring (bicyclic) bond motifs is 3. The Morgan fingerprint density at radius 3 is 2.34 bits per heavy atom. The second kappa shape index (κ2) is 20.9. The predicted molar refractivity (Wildman–Crippen MR) is 280 cm³/mol. The van der Waals surface area contributed by atoms with Gasteiger partial charge in [0.05, 0.1) is 30.5 Å². The molecule has 2 fully saturated rings. The van der Waals surface area contributed by atoms with E-state index < -0.39 is 35.6 Å². The zero-order valence-electron chi connectivity index (χ0n) is 42.3. The number of hydrogen-bond acceptors (Lipinski definition) is 13. The number of aliphatic hydroxyl groups is 1. The number of ether oxygens (including phenoxy) is 2. The number of aromatic nitrogens is 6. The fourth-order valence-corrected chi connectivity index (χ4v) is 11.0. The van der Waals surface area contributed by atoms with Crippen molar-refractivity contribution >= 4 is 46.4 Å². The fourth-order valence-electron chi connectivity index (χ4n) is 9.65. The monoisotopic (exact) mass is 1030 g/mol. The summed E-state index contributed by atoms with van der Waals surface area (Å²) >= 11 is 7.93. The second-order valence-electron chi connectivity index (χ2n) is 20.3. The van der Waals surface area contributed by atoms with Crippen molar-refractivity contribution in [1.29, 1.82) is 0 Å². The number of nitrogens with zero attached hydrogens (tertiary/aromatic N) is 8. The average molecular weight is 1030 g/mol. The number of nitrogens with one attached hydrogen (secondary N) is 3. The van der Waals surface area contributed by atoms with Crippen LogP contribution < -0.4 is 25.4 Å². The summed E-state index contributed by atoms with van der Waals surface area (Å²) in [7, 11) is 0. The van der Waals surface area contributed by atoms with Crippen LogP contribution in [0.4, 0.5) is 0 Å². The van der Waals surface area contributed by atoms with Crippen LogP contribution in [0.3, 0.4) is 0 Å². The van der Waals surface area contributed by atoms with E-state index in [0.29, 0.717) is 47.4 Å². The number of pyridine rings is 1. The number of aliphatic hydroxyl groups excluding tert-OH is 1. The minimum Gasteiger partial charge on any atom is -0.482 e. The maximum absolute atomic E-state index is 14.3. The molecule has 6 aromatic rings. The number of hydrogen-bond donors (Lipinski definition) is 4. The highest BCUT2D eigenvalue weighted by Gasteiger charge is 2.43. The number of carbonyl (C=O) groups is 3. The van der Waals surface area contributed by atoms with E-state index in [-0.39, 0.29) is 49.6 Å². The summed E-state index contributed by atoms with van der Waals surface area (Å²) in [6.45, 7) is 19.8. The van der Waals surface area contributed by atoms with Crippen LogP contribution >= 0.6 is 22.9 Å². The third-order valence-corrected chi connectivity index (χ3v) is 15.3. The summed E-state index contributed by atoms with van der Waals surface area (Å²) < 4.78 is 16.0. The number of halogens is 1. The van der Waals surface area contributed by atoms with Crippen LogP contribution in [0, 0.1) is 33.1 Å². The number of aliphatic imine (C=N–C) groups is 1. The van der Waals surface area contributed by atoms with Crippen molar-refractivity contribution in [1.82, 2.24) is 50.1 Å². The van der Waals surface area contributed by atoms with Crippen molar-refractivity contribution in [2.45, 2.75) is 123 Å². The van der Waals surface area contributed by atoms with Crippen molar-refractivity contribution in [2.75, 3.05) is 13.2 Å². The number of aryl methyl sites for hydroxylation is 3. The summed E-state index contributed by atoms with van der Waals surface area (Å²) in [6.07, 6.45) is 5.84. The van der Waals surface area contributed by atoms with Gasteiger partial charge in [-0.15, -0.1) is 21.5 Å². The summed E-state index contributed by atoms with van der Waals surface area (Å²) in [6, 6.07) is 16.9. The predicted octanol–water partition coefficient (Wildman–Crippen LogP) is 7.54. The largest absolute Gasteiger partial charge is 0.482 e. The number of carbonyl (C=O) groups excluding carboxylic acids is 3. The topological polar surface area (TPSA) is 203 Å². The van der Waals surface area contributed by atoms with Crippen LogP contribution in [-0.2, 0) is 14.4 Å². The van der Waals surface area contributed by atoms with E-state index >= 15 is 0 Å². The smallest absolute Gasteiger partial charge is 0.258 e. The molecule has 0 radical (unpaired) electrons. The van der Waals surface area contributed by atoms with E-state index in [1.165, 1.54) is 11.1 Å². The van der Waals surface area contributed by atoms with E-state index in [2.05, 4.69) is 56.5 Å². The zero-order chi connectivity index (χ0) is 51.9. The molecule has 3 aliphatic rings. The number of imidazole rings is 1. The molecule has 0 unspecified atom stereocenters. The first-order valence-electron chi connectivity index (χ1n) is 24.6. The first-order chi connectivity index (χ1) is 34.8. The van der Waals surface area contributed by atoms with Gasteiger partial charge in [-0.1, -0.05) is 63.2 Å². The van der Waals surface area contributed by atoms with E-state index in [9.17, 15) is 19.5 Å². The Hall–Kier alpha value is -6.89. The Kier molecular flexibility index (Phi) is 14.6. The third kappa shape index (κ3) is 11.1. The van der Waals surface area contributed by atoms with Crippen molar-refractivity contribution in [3.8, 4) is 22.3 Å². The molecule has 3 amide bonds. The first kappa shape index (κ1) is 51.0. The number of likely N-dealkylation sites (tertiary alicyclic amines) is 1. The molecule has 73 heavy (non-hydrogen) atoms. The highest BCUT2D eigenvalue weighted by atomic mass is 35.5. The number of thiophene rings is 1. The van der Waals surface area contributed by atoms with Gasteiger partial charge in [-0.2, -0.15) is 0 Å². The molecule has 382 valence electrons. The normalized spacial score (nSPS) is 20.1. The van der Waals surface area contributed by atoms with Gasteiger partial charge in [-0.3, -0.25) is 23.9 Å². The molecule has 19 heteroatoms. The van der Waals surface area contributed by atoms with Crippen LogP contribution in [-0.4, -0.2) is 106 Å². The Balaban J connectivity index is 0.750. The molecule has 6 heterocycles. The van der Waals surface area contributed by atoms with Crippen LogP contribution in [0.1, 0.15) is 110 Å². The van der Waals surface area contributed by atoms with Gasteiger partial charge in [0, 0.05) is 88.8 Å². The Morgan fingerprint density at radius 2 is 1.67 bits per heavy atom. The maximum Gasteiger partial charge on any atom is 0.258 e. The molecule has 5 atom stereocenters. The lowest BCUT2D eigenvalue weighted by Gasteiger charge is -2.36. The Bertz CT molecular complexity index is 3040. The molecule has 9 rings (SSSR count). The molecule has 1 saturated heterocycles. The fraction of sp³-hybridized carbons (Fsp3) is 0.407. The van der Waals surface area contributed by atoms with Gasteiger partial charge in [-0.05, 0) is 81.5 Å². The van der Waals surface area contributed by atoms with E-state index in [1.54, 1.807) is 34.6 Å². The van der Waals surface area contributed by atoms with Crippen LogP contribution in [0.2, 0.25) is 5.02 Å². The quantitative estimate of drug-likeness (QED) is 0.0746. The minimum absolute atomic E-state index is 0.0836. The average Bonchev–Trinajstić information content (AvgIpc) is 4.11. The second-order valence-corrected chi connectivity index (χ2v) is 21.9. The van der Waals surface area contributed by atoms with Crippen LogP contribution in [0.15, 0.2) is 96.5 Å². The van der Waals surface area contributed by atoms with E-state index in [4.69, 9.17) is 26.1 Å². The molecule has 4 N–H and O–H groups in total. The van der Waals surface area contributed by atoms with Gasteiger partial charge in [-0.25, -0.2) is 9.97 Å². The highest BCUT2D eigenvalue weighted by Crippen LogP contribution is 2.40. The molecule has 1 saturated carbocycles. The van der Waals surface area contributed by atoms with Crippen molar-refractivity contribution in [3.63, 3.8) is 0 Å². The van der Waals surface area contributed by atoms with Crippen molar-refractivity contribution in [2.24, 2.45) is 10.4 Å². The SMILES string of the molecule is C=C(N[C@@H](C)c1ccc(-n2ccnc2C)cc1)[C@@H]1C[C@@H](O)CN1C(=O)[C@@H](NC(=O)COc1ccc(OC2CC(NC(=O)C[C@@H]3N=C(c4ccc(Cl)cc4)c4c(sc(C)c4C)-n4c(C)nnc43)C2)nc1)C(C)(C)C. The van der Waals surface area contributed by atoms with Gasteiger partial charge in [0.25, 0.3) is 5.91 Å². The van der Waals surface area contributed by atoms with E-state index in [1.807, 2.05) is 105 Å². The molecule has 0 bridgehead atoms. The molecule has 4 aromatic heterocycles. The molecule has 0 spiro atoms. The molecule has 2 aliphatic heterocycles. The lowest BCUT2D eigenvalue weighted by molar-refractivity contribution is -0.140. The van der Waals surface area contributed by atoms with Crippen LogP contribution in [0.25, 0.3) is 10.7 Å². The molecule has 2 aromatic carbocycles. The molecular weight excluding hydrogens is 966 g/mol. The summed E-state index contributed by atoms with van der Waals surface area (Å²) in [5.41, 5.74) is 5.77. The molecular formula is C54H62ClN11O6S. The van der Waals surface area contributed by atoms with Gasteiger partial charge < -0.3 is 40.0 Å². The van der Waals surface area contributed by atoms with Crippen molar-refractivity contribution in [3.05, 3.63) is 141 Å². The maximum atomic E-state index is 14.3. The van der Waals surface area contributed by atoms with Crippen LogP contribution in [0.5, 0.6) is 11.6 Å². The minimum atomic E-state index is -0.918. The lowest BCUT2D eigenvalue weighted by Crippen LogP contribution is -2.57. The summed E-state index contributed by atoms with van der Waals surface area (Å²) in [5.74, 6) is 2.00. The zero-order valence-corrected chi connectivity index (χ0v) is 43.9. The van der Waals surface area contributed by atoms with E-state index in [0.717, 1.165) is 50.3 Å². The van der Waals surface area contributed by atoms with Gasteiger partial charge in [0.15, 0.2) is 12.4 Å². The van der Waals surface area contributed by atoms with Crippen molar-refractivity contribution < 1.29 is 29.0 Å². The van der Waals surface area contributed by atoms with Gasteiger partial charge in [0.2, 0.25) is 17.7 Å².